The highest BCUT2D eigenvalue weighted by atomic mass is 19.1. The van der Waals surface area contributed by atoms with Crippen molar-refractivity contribution in [1.82, 2.24) is 5.32 Å². The Morgan fingerprint density at radius 1 is 1.41 bits per heavy atom. The van der Waals surface area contributed by atoms with E-state index in [-0.39, 0.29) is 23.9 Å². The molecule has 1 amide bonds. The topological polar surface area (TPSA) is 38.3 Å². The van der Waals surface area contributed by atoms with Crippen molar-refractivity contribution >= 4 is 5.91 Å². The van der Waals surface area contributed by atoms with Crippen LogP contribution in [-0.4, -0.2) is 18.1 Å². The van der Waals surface area contributed by atoms with Crippen LogP contribution in [0.15, 0.2) is 24.3 Å². The van der Waals surface area contributed by atoms with Crippen molar-refractivity contribution in [2.24, 2.45) is 0 Å². The molecule has 1 aromatic carbocycles. The summed E-state index contributed by atoms with van der Waals surface area (Å²) in [5, 5.41) is 2.67. The molecule has 0 bridgehead atoms. The summed E-state index contributed by atoms with van der Waals surface area (Å²) in [4.78, 5) is 11.4. The Bertz CT molecular complexity index is 385. The maximum Gasteiger partial charge on any atom is 0.246 e. The smallest absolute Gasteiger partial charge is 0.246 e. The number of rotatable bonds is 4. The number of hydrogen-bond acceptors (Lipinski definition) is 2. The molecular weight excluding hydrogens is 221 g/mol. The van der Waals surface area contributed by atoms with Crippen LogP contribution < -0.4 is 5.32 Å². The molecule has 0 unspecified atom stereocenters. The van der Waals surface area contributed by atoms with Crippen LogP contribution in [0.25, 0.3) is 0 Å². The van der Waals surface area contributed by atoms with Gasteiger partial charge in [-0.2, -0.15) is 0 Å². The van der Waals surface area contributed by atoms with Crippen LogP contribution in [-0.2, 0) is 16.1 Å². The minimum Gasteiger partial charge on any atom is -0.366 e. The predicted octanol–water partition coefficient (Wildman–Crippen LogP) is 2.26. The van der Waals surface area contributed by atoms with E-state index >= 15 is 0 Å². The van der Waals surface area contributed by atoms with Gasteiger partial charge in [-0.1, -0.05) is 12.1 Å². The van der Waals surface area contributed by atoms with Crippen LogP contribution in [0, 0.1) is 5.82 Å². The van der Waals surface area contributed by atoms with Gasteiger partial charge in [-0.05, 0) is 38.5 Å². The van der Waals surface area contributed by atoms with Gasteiger partial charge in [-0.3, -0.25) is 4.79 Å². The van der Waals surface area contributed by atoms with E-state index in [9.17, 15) is 9.18 Å². The van der Waals surface area contributed by atoms with Gasteiger partial charge in [0.1, 0.15) is 12.4 Å². The Hall–Kier alpha value is -1.42. The number of carbonyl (C=O) groups excluding carboxylic acids is 1. The molecule has 3 nitrogen and oxygen atoms in total. The molecule has 0 atom stereocenters. The first-order valence-corrected chi connectivity index (χ1v) is 5.52. The molecule has 0 aliphatic rings. The lowest BCUT2D eigenvalue weighted by Crippen LogP contribution is -2.31. The van der Waals surface area contributed by atoms with Crippen LogP contribution >= 0.6 is 0 Å². The van der Waals surface area contributed by atoms with E-state index in [0.717, 1.165) is 5.56 Å². The first-order chi connectivity index (χ1) is 7.87. The number of amides is 1. The third kappa shape index (κ3) is 6.02. The Labute approximate surface area is 101 Å². The number of nitrogens with one attached hydrogen (secondary N) is 1. The summed E-state index contributed by atoms with van der Waals surface area (Å²) in [6.07, 6.45) is 0. The van der Waals surface area contributed by atoms with Crippen molar-refractivity contribution in [3.63, 3.8) is 0 Å². The quantitative estimate of drug-likeness (QED) is 0.875. The Kier molecular flexibility index (Phi) is 4.63. The summed E-state index contributed by atoms with van der Waals surface area (Å²) in [6, 6.07) is 6.13. The first kappa shape index (κ1) is 13.6. The molecule has 1 rings (SSSR count). The molecule has 1 N–H and O–H groups in total. The van der Waals surface area contributed by atoms with Crippen molar-refractivity contribution in [1.29, 1.82) is 0 Å². The van der Waals surface area contributed by atoms with Gasteiger partial charge < -0.3 is 10.1 Å². The minimum atomic E-state index is -0.337. The highest BCUT2D eigenvalue weighted by Gasteiger charge is 2.12. The van der Waals surface area contributed by atoms with Crippen molar-refractivity contribution < 1.29 is 13.9 Å². The van der Waals surface area contributed by atoms with E-state index in [0.29, 0.717) is 6.54 Å². The molecule has 0 fully saturated rings. The molecule has 0 radical (unpaired) electrons. The molecule has 0 aliphatic carbocycles. The fraction of sp³-hybridized carbons (Fsp3) is 0.462. The van der Waals surface area contributed by atoms with Crippen LogP contribution in [0.4, 0.5) is 4.39 Å². The normalized spacial score (nSPS) is 11.3. The molecule has 94 valence electrons. The zero-order valence-electron chi connectivity index (χ0n) is 10.4. The van der Waals surface area contributed by atoms with Gasteiger partial charge >= 0.3 is 0 Å². The highest BCUT2D eigenvalue weighted by Crippen LogP contribution is 2.06. The fourth-order valence-electron chi connectivity index (χ4n) is 1.18. The van der Waals surface area contributed by atoms with Gasteiger partial charge in [0.15, 0.2) is 0 Å². The van der Waals surface area contributed by atoms with Gasteiger partial charge in [0.25, 0.3) is 0 Å². The molecule has 0 spiro atoms. The van der Waals surface area contributed by atoms with Crippen molar-refractivity contribution in [3.8, 4) is 0 Å². The third-order valence-corrected chi connectivity index (χ3v) is 2.01. The molecular formula is C13H18FNO2. The SMILES string of the molecule is CC(C)(C)OCC(=O)NCc1cccc(F)c1. The lowest BCUT2D eigenvalue weighted by molar-refractivity contribution is -0.130. The van der Waals surface area contributed by atoms with E-state index in [1.54, 1.807) is 12.1 Å². The Morgan fingerprint density at radius 3 is 2.71 bits per heavy atom. The maximum absolute atomic E-state index is 12.9. The summed E-state index contributed by atoms with van der Waals surface area (Å²) in [5.74, 6) is -0.508. The molecule has 17 heavy (non-hydrogen) atoms. The summed E-state index contributed by atoms with van der Waals surface area (Å²) in [6.45, 7) is 5.97. The summed E-state index contributed by atoms with van der Waals surface area (Å²) in [5.41, 5.74) is 0.394. The van der Waals surface area contributed by atoms with E-state index in [1.165, 1.54) is 12.1 Å². The van der Waals surface area contributed by atoms with Crippen LogP contribution in [0.3, 0.4) is 0 Å². The predicted molar refractivity (Wildman–Crippen MR) is 64.0 cm³/mol. The van der Waals surface area contributed by atoms with Crippen LogP contribution in [0.1, 0.15) is 26.3 Å². The molecule has 0 saturated carbocycles. The van der Waals surface area contributed by atoms with E-state index in [2.05, 4.69) is 5.32 Å². The molecule has 0 aromatic heterocycles. The van der Waals surface area contributed by atoms with E-state index < -0.39 is 0 Å². The summed E-state index contributed by atoms with van der Waals surface area (Å²) in [7, 11) is 0. The Balaban J connectivity index is 2.33. The second kappa shape index (κ2) is 5.77. The second-order valence-electron chi connectivity index (χ2n) is 4.81. The zero-order chi connectivity index (χ0) is 12.9. The van der Waals surface area contributed by atoms with E-state index in [4.69, 9.17) is 4.74 Å². The largest absolute Gasteiger partial charge is 0.366 e. The number of ether oxygens (including phenoxy) is 1. The van der Waals surface area contributed by atoms with E-state index in [1.807, 2.05) is 20.8 Å². The number of halogens is 1. The zero-order valence-corrected chi connectivity index (χ0v) is 10.4. The minimum absolute atomic E-state index is 0.0127. The monoisotopic (exact) mass is 239 g/mol. The number of benzene rings is 1. The standard InChI is InChI=1S/C13H18FNO2/c1-13(2,3)17-9-12(16)15-8-10-5-4-6-11(14)7-10/h4-7H,8-9H2,1-3H3,(H,15,16). The maximum atomic E-state index is 12.9. The van der Waals surface area contributed by atoms with Gasteiger partial charge in [-0.15, -0.1) is 0 Å². The molecule has 1 aromatic rings. The lowest BCUT2D eigenvalue weighted by atomic mass is 10.2. The summed E-state index contributed by atoms with van der Waals surface area (Å²) >= 11 is 0. The molecule has 0 saturated heterocycles. The number of hydrogen-bond donors (Lipinski definition) is 1. The third-order valence-electron chi connectivity index (χ3n) is 2.01. The summed E-state index contributed by atoms with van der Waals surface area (Å²) < 4.78 is 18.2. The number of carbonyl (C=O) groups is 1. The first-order valence-electron chi connectivity index (χ1n) is 5.52. The second-order valence-corrected chi connectivity index (χ2v) is 4.81. The average Bonchev–Trinajstić information content (AvgIpc) is 2.23. The van der Waals surface area contributed by atoms with Crippen molar-refractivity contribution in [2.75, 3.05) is 6.61 Å². The average molecular weight is 239 g/mol. The molecule has 4 heteroatoms. The Morgan fingerprint density at radius 2 is 2.12 bits per heavy atom. The molecule has 0 heterocycles. The lowest BCUT2D eigenvalue weighted by Gasteiger charge is -2.18. The van der Waals surface area contributed by atoms with Gasteiger partial charge in [-0.25, -0.2) is 4.39 Å². The van der Waals surface area contributed by atoms with Crippen molar-refractivity contribution in [3.05, 3.63) is 35.6 Å². The van der Waals surface area contributed by atoms with Crippen LogP contribution in [0.5, 0.6) is 0 Å². The highest BCUT2D eigenvalue weighted by molar-refractivity contribution is 5.77. The van der Waals surface area contributed by atoms with Gasteiger partial charge in [0, 0.05) is 6.54 Å². The van der Waals surface area contributed by atoms with Gasteiger partial charge in [0.05, 0.1) is 5.60 Å². The molecule has 0 aliphatic heterocycles. The van der Waals surface area contributed by atoms with Crippen molar-refractivity contribution in [2.45, 2.75) is 32.9 Å². The van der Waals surface area contributed by atoms with Gasteiger partial charge in [0.2, 0.25) is 5.91 Å². The fourth-order valence-corrected chi connectivity index (χ4v) is 1.18. The van der Waals surface area contributed by atoms with Crippen LogP contribution in [0.2, 0.25) is 0 Å².